The number of amides is 1. The molecular weight excluding hydrogens is 516 g/mol. The van der Waals surface area contributed by atoms with Crippen LogP contribution in [0.5, 0.6) is 6.01 Å². The maximum absolute atomic E-state index is 12.9. The molecule has 0 bridgehead atoms. The summed E-state index contributed by atoms with van der Waals surface area (Å²) in [6.45, 7) is 10.7. The lowest BCUT2D eigenvalue weighted by Crippen LogP contribution is -2.38. The fraction of sp³-hybridized carbons (Fsp3) is 0.469. The molecule has 2 N–H and O–H groups in total. The second-order valence-corrected chi connectivity index (χ2v) is 10.9. The van der Waals surface area contributed by atoms with Gasteiger partial charge in [-0.3, -0.25) is 19.5 Å². The molecule has 0 spiro atoms. The van der Waals surface area contributed by atoms with E-state index < -0.39 is 0 Å². The first kappa shape index (κ1) is 29.0. The highest BCUT2D eigenvalue weighted by atomic mass is 16.5. The van der Waals surface area contributed by atoms with Crippen LogP contribution in [0.2, 0.25) is 0 Å². The number of benzene rings is 2. The number of morpholine rings is 1. The molecule has 0 unspecified atom stereocenters. The normalized spacial score (nSPS) is 15.5. The van der Waals surface area contributed by atoms with Crippen LogP contribution in [-0.2, 0) is 35.6 Å². The molecule has 1 saturated heterocycles. The number of carbonyl (C=O) groups excluding carboxylic acids is 1. The van der Waals surface area contributed by atoms with Gasteiger partial charge in [-0.15, -0.1) is 0 Å². The van der Waals surface area contributed by atoms with E-state index in [9.17, 15) is 4.79 Å². The van der Waals surface area contributed by atoms with Crippen LogP contribution in [-0.4, -0.2) is 71.7 Å². The Morgan fingerprint density at radius 1 is 0.951 bits per heavy atom. The fourth-order valence-electron chi connectivity index (χ4n) is 5.35. The number of rotatable bonds is 14. The van der Waals surface area contributed by atoms with Crippen molar-refractivity contribution in [2.24, 2.45) is 0 Å². The van der Waals surface area contributed by atoms with E-state index in [0.717, 1.165) is 77.3 Å². The quantitative estimate of drug-likeness (QED) is 0.296. The number of ether oxygens (including phenoxy) is 2. The minimum atomic E-state index is -0.0231. The van der Waals surface area contributed by atoms with Gasteiger partial charge in [-0.1, -0.05) is 67.9 Å². The van der Waals surface area contributed by atoms with E-state index in [2.05, 4.69) is 81.3 Å². The first-order chi connectivity index (χ1) is 20.1. The molecule has 41 heavy (non-hydrogen) atoms. The number of anilines is 2. The summed E-state index contributed by atoms with van der Waals surface area (Å²) in [5, 5.41) is 0. The molecule has 2 aromatic carbocycles. The number of hydrogen-bond donors (Lipinski definition) is 1. The van der Waals surface area contributed by atoms with E-state index in [0.29, 0.717) is 30.4 Å². The van der Waals surface area contributed by atoms with Gasteiger partial charge in [0.2, 0.25) is 5.91 Å². The molecule has 3 heterocycles. The highest BCUT2D eigenvalue weighted by Crippen LogP contribution is 2.33. The lowest BCUT2D eigenvalue weighted by molar-refractivity contribution is -0.117. The summed E-state index contributed by atoms with van der Waals surface area (Å²) in [6.07, 6.45) is 3.26. The summed E-state index contributed by atoms with van der Waals surface area (Å²) in [4.78, 5) is 28.4. The van der Waals surface area contributed by atoms with Crippen LogP contribution in [0.1, 0.15) is 48.4 Å². The number of aromatic nitrogens is 2. The van der Waals surface area contributed by atoms with Gasteiger partial charge in [0.05, 0.1) is 32.8 Å². The topological polar surface area (TPSA) is 97.0 Å². The third kappa shape index (κ3) is 8.03. The van der Waals surface area contributed by atoms with Crippen molar-refractivity contribution < 1.29 is 14.3 Å². The number of unbranched alkanes of at least 4 members (excludes halogenated alkanes) is 1. The fourth-order valence-corrected chi connectivity index (χ4v) is 5.35. The van der Waals surface area contributed by atoms with Gasteiger partial charge in [-0.25, -0.2) is 0 Å². The van der Waals surface area contributed by atoms with Crippen molar-refractivity contribution in [2.75, 3.05) is 56.6 Å². The third-order valence-corrected chi connectivity index (χ3v) is 7.68. The summed E-state index contributed by atoms with van der Waals surface area (Å²) < 4.78 is 11.2. The van der Waals surface area contributed by atoms with E-state index in [4.69, 9.17) is 15.2 Å². The lowest BCUT2D eigenvalue weighted by atomic mass is 10.1. The third-order valence-electron chi connectivity index (χ3n) is 7.68. The van der Waals surface area contributed by atoms with Crippen LogP contribution >= 0.6 is 0 Å². The van der Waals surface area contributed by atoms with Crippen molar-refractivity contribution in [2.45, 2.75) is 52.2 Å². The highest BCUT2D eigenvalue weighted by molar-refractivity contribution is 6.01. The molecule has 0 saturated carbocycles. The van der Waals surface area contributed by atoms with Gasteiger partial charge in [0.1, 0.15) is 11.6 Å². The van der Waals surface area contributed by atoms with Crippen LogP contribution < -0.4 is 15.4 Å². The van der Waals surface area contributed by atoms with E-state index in [1.54, 1.807) is 4.90 Å². The Hall–Kier alpha value is -3.53. The molecule has 218 valence electrons. The first-order valence-corrected chi connectivity index (χ1v) is 14.8. The second-order valence-electron chi connectivity index (χ2n) is 10.9. The first-order valence-electron chi connectivity index (χ1n) is 14.8. The monoisotopic (exact) mass is 558 g/mol. The molecule has 2 aliphatic rings. The number of carbonyl (C=O) groups is 1. The van der Waals surface area contributed by atoms with Crippen LogP contribution in [0.15, 0.2) is 54.6 Å². The Labute approximate surface area is 243 Å². The number of hydrogen-bond acceptors (Lipinski definition) is 8. The van der Waals surface area contributed by atoms with Crippen LogP contribution in [0.3, 0.4) is 0 Å². The number of fused-ring (bicyclic) bond motifs is 1. The highest BCUT2D eigenvalue weighted by Gasteiger charge is 2.32. The van der Waals surface area contributed by atoms with Gasteiger partial charge in [0, 0.05) is 38.3 Å². The minimum Gasteiger partial charge on any atom is -0.463 e. The van der Waals surface area contributed by atoms with Gasteiger partial charge in [-0.2, -0.15) is 9.97 Å². The summed E-state index contributed by atoms with van der Waals surface area (Å²) >= 11 is 0. The number of nitrogens with two attached hydrogens (primary N) is 1. The zero-order chi connectivity index (χ0) is 28.4. The molecule has 2 aliphatic heterocycles. The Morgan fingerprint density at radius 2 is 1.66 bits per heavy atom. The van der Waals surface area contributed by atoms with Crippen molar-refractivity contribution >= 4 is 17.5 Å². The molecule has 1 aromatic heterocycles. The van der Waals surface area contributed by atoms with Gasteiger partial charge in [-0.05, 0) is 36.1 Å². The summed E-state index contributed by atoms with van der Waals surface area (Å²) in [5.74, 6) is 0.859. The zero-order valence-electron chi connectivity index (χ0n) is 24.1. The predicted octanol–water partition coefficient (Wildman–Crippen LogP) is 4.05. The van der Waals surface area contributed by atoms with Gasteiger partial charge in [0.15, 0.2) is 0 Å². The molecule has 0 radical (unpaired) electrons. The van der Waals surface area contributed by atoms with Crippen molar-refractivity contribution in [1.29, 1.82) is 0 Å². The van der Waals surface area contributed by atoms with Gasteiger partial charge < -0.3 is 15.2 Å². The van der Waals surface area contributed by atoms with Crippen LogP contribution in [0, 0.1) is 0 Å². The molecule has 1 fully saturated rings. The van der Waals surface area contributed by atoms with E-state index in [1.807, 2.05) is 0 Å². The standard InChI is InChI=1S/C32H42N6O3/c1-2-3-18-41-32-34-30(33)28-21-29(39)38(31(28)35-32)24-27-12-10-26(11-13-27)23-37(22-25-8-5-4-6-9-25)15-7-14-36-16-19-40-20-17-36/h4-6,8-13H,2-3,7,14-24H2,1H3,(H2,33,34,35). The number of nitrogen functional groups attached to an aromatic ring is 1. The molecule has 9 nitrogen and oxygen atoms in total. The average molecular weight is 559 g/mol. The molecule has 3 aromatic rings. The van der Waals surface area contributed by atoms with Crippen molar-refractivity contribution in [1.82, 2.24) is 19.8 Å². The second kappa shape index (κ2) is 14.4. The molecule has 9 heteroatoms. The largest absolute Gasteiger partial charge is 0.463 e. The Kier molecular flexibility index (Phi) is 10.2. The van der Waals surface area contributed by atoms with Gasteiger partial charge >= 0.3 is 6.01 Å². The molecule has 0 atom stereocenters. The summed E-state index contributed by atoms with van der Waals surface area (Å²) in [5.41, 5.74) is 10.5. The van der Waals surface area contributed by atoms with Gasteiger partial charge in [0.25, 0.3) is 0 Å². The van der Waals surface area contributed by atoms with E-state index >= 15 is 0 Å². The summed E-state index contributed by atoms with van der Waals surface area (Å²) in [7, 11) is 0. The smallest absolute Gasteiger partial charge is 0.320 e. The minimum absolute atomic E-state index is 0.0231. The molecule has 1 amide bonds. The predicted molar refractivity (Wildman–Crippen MR) is 161 cm³/mol. The average Bonchev–Trinajstić information content (AvgIpc) is 3.30. The Balaban J connectivity index is 1.22. The van der Waals surface area contributed by atoms with Crippen molar-refractivity contribution in [3.05, 3.63) is 76.9 Å². The maximum atomic E-state index is 12.9. The molecular formula is C32H42N6O3. The SMILES string of the molecule is CCCCOc1nc(N)c2c(n1)N(Cc1ccc(CN(CCCN3CCOCC3)Cc3ccccc3)cc1)C(=O)C2. The zero-order valence-corrected chi connectivity index (χ0v) is 24.1. The number of nitrogens with zero attached hydrogens (tertiary/aromatic N) is 5. The summed E-state index contributed by atoms with van der Waals surface area (Å²) in [6, 6.07) is 19.5. The van der Waals surface area contributed by atoms with E-state index in [-0.39, 0.29) is 18.3 Å². The van der Waals surface area contributed by atoms with Crippen LogP contribution in [0.4, 0.5) is 11.6 Å². The molecule has 5 rings (SSSR count). The van der Waals surface area contributed by atoms with Crippen molar-refractivity contribution in [3.8, 4) is 6.01 Å². The maximum Gasteiger partial charge on any atom is 0.320 e. The Bertz CT molecular complexity index is 1260. The van der Waals surface area contributed by atoms with Crippen LogP contribution in [0.25, 0.3) is 0 Å². The Morgan fingerprint density at radius 3 is 2.39 bits per heavy atom. The lowest BCUT2D eigenvalue weighted by Gasteiger charge is -2.28. The van der Waals surface area contributed by atoms with E-state index in [1.165, 1.54) is 11.1 Å². The molecule has 0 aliphatic carbocycles. The van der Waals surface area contributed by atoms with Crippen molar-refractivity contribution in [3.63, 3.8) is 0 Å².